The third-order valence-corrected chi connectivity index (χ3v) is 3.62. The van der Waals surface area contributed by atoms with Crippen LogP contribution in [0.3, 0.4) is 0 Å². The molecular formula is C13H16BrNO3. The highest BCUT2D eigenvalue weighted by Crippen LogP contribution is 2.28. The van der Waals surface area contributed by atoms with Gasteiger partial charge in [-0.15, -0.1) is 0 Å². The van der Waals surface area contributed by atoms with Crippen molar-refractivity contribution in [2.24, 2.45) is 0 Å². The molecule has 0 atom stereocenters. The van der Waals surface area contributed by atoms with Crippen LogP contribution in [0.5, 0.6) is 5.75 Å². The minimum absolute atomic E-state index is 0.299. The molecule has 1 heterocycles. The maximum atomic E-state index is 12.0. The fraction of sp³-hybridized carbons (Fsp3) is 0.462. The lowest BCUT2D eigenvalue weighted by Gasteiger charge is -2.35. The molecule has 0 spiro atoms. The lowest BCUT2D eigenvalue weighted by molar-refractivity contribution is -0.161. The highest BCUT2D eigenvalue weighted by atomic mass is 79.9. The van der Waals surface area contributed by atoms with Crippen molar-refractivity contribution < 1.29 is 14.3 Å². The number of rotatable bonds is 3. The zero-order valence-corrected chi connectivity index (χ0v) is 11.8. The number of carbonyl (C=O) groups excluding carboxylic acids is 1. The Bertz CT molecular complexity index is 413. The first-order chi connectivity index (χ1) is 8.66. The van der Waals surface area contributed by atoms with Crippen molar-refractivity contribution in [2.75, 3.05) is 20.2 Å². The quantitative estimate of drug-likeness (QED) is 0.868. The zero-order valence-electron chi connectivity index (χ0n) is 10.2. The first kappa shape index (κ1) is 13.4. The van der Waals surface area contributed by atoms with E-state index >= 15 is 0 Å². The number of benzene rings is 1. The molecule has 1 fully saturated rings. The number of piperidine rings is 1. The predicted octanol–water partition coefficient (Wildman–Crippen LogP) is 2.12. The fourth-order valence-corrected chi connectivity index (χ4v) is 2.36. The van der Waals surface area contributed by atoms with Gasteiger partial charge in [0, 0.05) is 17.3 Å². The molecule has 1 aliphatic heterocycles. The van der Waals surface area contributed by atoms with Crippen molar-refractivity contribution in [3.05, 3.63) is 28.7 Å². The van der Waals surface area contributed by atoms with E-state index in [0.29, 0.717) is 18.6 Å². The third-order valence-electron chi connectivity index (χ3n) is 3.10. The molecule has 18 heavy (non-hydrogen) atoms. The monoisotopic (exact) mass is 313 g/mol. The summed E-state index contributed by atoms with van der Waals surface area (Å²) in [6.07, 6.45) is 1.24. The van der Waals surface area contributed by atoms with Crippen molar-refractivity contribution in [3.63, 3.8) is 0 Å². The van der Waals surface area contributed by atoms with E-state index in [0.717, 1.165) is 17.6 Å². The van der Waals surface area contributed by atoms with E-state index in [1.165, 1.54) is 7.11 Å². The first-order valence-corrected chi connectivity index (χ1v) is 6.69. The second kappa shape index (κ2) is 5.71. The summed E-state index contributed by atoms with van der Waals surface area (Å²) >= 11 is 3.37. The normalized spacial score (nSPS) is 18.1. The van der Waals surface area contributed by atoms with Gasteiger partial charge in [-0.25, -0.2) is 4.79 Å². The van der Waals surface area contributed by atoms with Crippen LogP contribution in [0.1, 0.15) is 12.8 Å². The highest BCUT2D eigenvalue weighted by molar-refractivity contribution is 9.10. The van der Waals surface area contributed by atoms with E-state index < -0.39 is 5.60 Å². The summed E-state index contributed by atoms with van der Waals surface area (Å²) in [4.78, 5) is 12.0. The summed E-state index contributed by atoms with van der Waals surface area (Å²) in [6.45, 7) is 1.51. The number of halogens is 1. The summed E-state index contributed by atoms with van der Waals surface area (Å²) in [5.74, 6) is 0.386. The standard InChI is InChI=1S/C13H16BrNO3/c1-17-12(16)13(6-8-15-9-7-13)18-11-4-2-10(14)3-5-11/h2-5,15H,6-9H2,1H3. The Morgan fingerprint density at radius 1 is 1.28 bits per heavy atom. The molecule has 98 valence electrons. The largest absolute Gasteiger partial charge is 0.475 e. The number of methoxy groups -OCH3 is 1. The molecule has 4 nitrogen and oxygen atoms in total. The molecule has 5 heteroatoms. The maximum Gasteiger partial charge on any atom is 0.350 e. The van der Waals surface area contributed by atoms with Gasteiger partial charge in [-0.05, 0) is 37.4 Å². The number of hydrogen-bond acceptors (Lipinski definition) is 4. The second-order valence-corrected chi connectivity index (χ2v) is 5.21. The summed E-state index contributed by atoms with van der Waals surface area (Å²) < 4.78 is 11.8. The van der Waals surface area contributed by atoms with Gasteiger partial charge in [0.2, 0.25) is 5.60 Å². The second-order valence-electron chi connectivity index (χ2n) is 4.29. The molecule has 1 aromatic rings. The molecule has 2 rings (SSSR count). The molecule has 0 unspecified atom stereocenters. The zero-order chi connectivity index (χ0) is 13.0. The van der Waals surface area contributed by atoms with Crippen molar-refractivity contribution >= 4 is 21.9 Å². The minimum Gasteiger partial charge on any atom is -0.475 e. The Morgan fingerprint density at radius 3 is 2.44 bits per heavy atom. The molecule has 1 saturated heterocycles. The summed E-state index contributed by atoms with van der Waals surface area (Å²) in [7, 11) is 1.40. The highest BCUT2D eigenvalue weighted by Gasteiger charge is 2.43. The van der Waals surface area contributed by atoms with Crippen LogP contribution in [0.4, 0.5) is 0 Å². The van der Waals surface area contributed by atoms with Gasteiger partial charge in [0.1, 0.15) is 5.75 Å². The van der Waals surface area contributed by atoms with Crippen LogP contribution in [0.25, 0.3) is 0 Å². The van der Waals surface area contributed by atoms with Crippen LogP contribution in [-0.4, -0.2) is 31.8 Å². The summed E-state index contributed by atoms with van der Waals surface area (Å²) in [5.41, 5.74) is -0.853. The molecule has 1 aliphatic rings. The van der Waals surface area contributed by atoms with Crippen molar-refractivity contribution in [1.29, 1.82) is 0 Å². The lowest BCUT2D eigenvalue weighted by Crippen LogP contribution is -2.52. The number of esters is 1. The van der Waals surface area contributed by atoms with E-state index in [1.807, 2.05) is 24.3 Å². The average molecular weight is 314 g/mol. The maximum absolute atomic E-state index is 12.0. The van der Waals surface area contributed by atoms with E-state index in [9.17, 15) is 4.79 Å². The topological polar surface area (TPSA) is 47.6 Å². The molecule has 0 saturated carbocycles. The Labute approximate surface area is 115 Å². The summed E-state index contributed by atoms with van der Waals surface area (Å²) in [5, 5.41) is 3.22. The Morgan fingerprint density at radius 2 is 1.89 bits per heavy atom. The van der Waals surface area contributed by atoms with Crippen LogP contribution in [0, 0.1) is 0 Å². The van der Waals surface area contributed by atoms with Crippen molar-refractivity contribution in [1.82, 2.24) is 5.32 Å². The van der Waals surface area contributed by atoms with Gasteiger partial charge >= 0.3 is 5.97 Å². The first-order valence-electron chi connectivity index (χ1n) is 5.90. The van der Waals surface area contributed by atoms with Gasteiger partial charge in [-0.3, -0.25) is 0 Å². The number of ether oxygens (including phenoxy) is 2. The third kappa shape index (κ3) is 2.84. The molecule has 0 aliphatic carbocycles. The molecule has 0 aromatic heterocycles. The Balaban J connectivity index is 2.19. The molecule has 1 aromatic carbocycles. The Kier molecular flexibility index (Phi) is 4.24. The van der Waals surface area contributed by atoms with Crippen LogP contribution < -0.4 is 10.1 Å². The minimum atomic E-state index is -0.853. The molecule has 0 radical (unpaired) electrons. The molecular weight excluding hydrogens is 298 g/mol. The van der Waals surface area contributed by atoms with E-state index in [-0.39, 0.29) is 5.97 Å². The molecule has 0 amide bonds. The van der Waals surface area contributed by atoms with Crippen LogP contribution >= 0.6 is 15.9 Å². The van der Waals surface area contributed by atoms with E-state index in [1.54, 1.807) is 0 Å². The Hall–Kier alpha value is -1.07. The molecule has 0 bridgehead atoms. The van der Waals surface area contributed by atoms with Gasteiger partial charge in [0.05, 0.1) is 7.11 Å². The SMILES string of the molecule is COC(=O)C1(Oc2ccc(Br)cc2)CCNCC1. The predicted molar refractivity (Wildman–Crippen MR) is 71.6 cm³/mol. The van der Waals surface area contributed by atoms with E-state index in [2.05, 4.69) is 21.2 Å². The summed E-state index contributed by atoms with van der Waals surface area (Å²) in [6, 6.07) is 7.47. The van der Waals surface area contributed by atoms with E-state index in [4.69, 9.17) is 9.47 Å². The van der Waals surface area contributed by atoms with Gasteiger partial charge in [0.15, 0.2) is 0 Å². The van der Waals surface area contributed by atoms with Crippen molar-refractivity contribution in [2.45, 2.75) is 18.4 Å². The fourth-order valence-electron chi connectivity index (χ4n) is 2.09. The smallest absolute Gasteiger partial charge is 0.350 e. The van der Waals surface area contributed by atoms with Crippen LogP contribution in [-0.2, 0) is 9.53 Å². The van der Waals surface area contributed by atoms with Crippen LogP contribution in [0.15, 0.2) is 28.7 Å². The number of nitrogens with one attached hydrogen (secondary N) is 1. The number of carbonyl (C=O) groups is 1. The molecule has 1 N–H and O–H groups in total. The van der Waals surface area contributed by atoms with Crippen LogP contribution in [0.2, 0.25) is 0 Å². The average Bonchev–Trinajstić information content (AvgIpc) is 2.41. The van der Waals surface area contributed by atoms with Gasteiger partial charge < -0.3 is 14.8 Å². The number of hydrogen-bond donors (Lipinski definition) is 1. The van der Waals surface area contributed by atoms with Gasteiger partial charge in [-0.2, -0.15) is 0 Å². The van der Waals surface area contributed by atoms with Gasteiger partial charge in [-0.1, -0.05) is 15.9 Å². The van der Waals surface area contributed by atoms with Gasteiger partial charge in [0.25, 0.3) is 0 Å². The lowest BCUT2D eigenvalue weighted by atomic mass is 9.92. The van der Waals surface area contributed by atoms with Crippen molar-refractivity contribution in [3.8, 4) is 5.75 Å².